The molecule has 0 spiro atoms. The van der Waals surface area contributed by atoms with Crippen LogP contribution in [0.3, 0.4) is 0 Å². The summed E-state index contributed by atoms with van der Waals surface area (Å²) in [5.74, 6) is 0.762. The van der Waals surface area contributed by atoms with Gasteiger partial charge in [0.2, 0.25) is 15.9 Å². The Morgan fingerprint density at radius 2 is 1.64 bits per heavy atom. The van der Waals surface area contributed by atoms with Crippen molar-refractivity contribution in [2.75, 3.05) is 23.4 Å². The maximum Gasteiger partial charge on any atom is 0.242 e. The van der Waals surface area contributed by atoms with Gasteiger partial charge in [-0.25, -0.2) is 8.42 Å². The van der Waals surface area contributed by atoms with Gasteiger partial charge in [0.1, 0.15) is 6.04 Å². The van der Waals surface area contributed by atoms with Crippen LogP contribution in [-0.2, 0) is 37.3 Å². The molecule has 1 heterocycles. The summed E-state index contributed by atoms with van der Waals surface area (Å²) in [6.07, 6.45) is -0.395. The first-order valence-electron chi connectivity index (χ1n) is 15.5. The number of aliphatic hydroxyl groups excluding tert-OH is 2. The normalized spacial score (nSPS) is 18.8. The zero-order valence-electron chi connectivity index (χ0n) is 26.1. The molecule has 1 aliphatic heterocycles. The van der Waals surface area contributed by atoms with Gasteiger partial charge in [-0.2, -0.15) is 16.5 Å². The lowest BCUT2D eigenvalue weighted by Gasteiger charge is -2.36. The second-order valence-electron chi connectivity index (χ2n) is 11.4. The quantitative estimate of drug-likeness (QED) is 0.133. The van der Waals surface area contributed by atoms with E-state index in [9.17, 15) is 23.4 Å². The fraction of sp³-hybridized carbons (Fsp3) is 0.306. The van der Waals surface area contributed by atoms with E-state index in [1.807, 2.05) is 67.6 Å². The molecular formula is C36H40N2O7S2. The predicted molar refractivity (Wildman–Crippen MR) is 183 cm³/mol. The van der Waals surface area contributed by atoms with Crippen LogP contribution in [0.2, 0.25) is 0 Å². The highest BCUT2D eigenvalue weighted by atomic mass is 32.2. The van der Waals surface area contributed by atoms with Crippen molar-refractivity contribution >= 4 is 33.4 Å². The molecule has 0 saturated carbocycles. The third-order valence-electron chi connectivity index (χ3n) is 7.81. The number of carbonyl (C=O) groups excluding carboxylic acids is 1. The Bertz CT molecular complexity index is 1700. The zero-order valence-corrected chi connectivity index (χ0v) is 27.8. The number of rotatable bonds is 14. The predicted octanol–water partition coefficient (Wildman–Crippen LogP) is 5.29. The van der Waals surface area contributed by atoms with Crippen LogP contribution >= 0.6 is 11.8 Å². The van der Waals surface area contributed by atoms with Crippen molar-refractivity contribution in [1.82, 2.24) is 4.72 Å². The number of aryl methyl sites for hydroxylation is 1. The molecule has 4 aromatic rings. The van der Waals surface area contributed by atoms with Gasteiger partial charge in [-0.3, -0.25) is 4.79 Å². The Kier molecular flexibility index (Phi) is 12.2. The van der Waals surface area contributed by atoms with E-state index in [4.69, 9.17) is 9.47 Å². The number of sulfonamides is 1. The van der Waals surface area contributed by atoms with Crippen LogP contribution in [0.4, 0.5) is 5.69 Å². The number of benzene rings is 4. The van der Waals surface area contributed by atoms with Crippen LogP contribution in [0.5, 0.6) is 0 Å². The second kappa shape index (κ2) is 16.5. The topological polar surface area (TPSA) is 134 Å². The Hall–Kier alpha value is -3.55. The molecule has 248 valence electrons. The molecule has 0 bridgehead atoms. The summed E-state index contributed by atoms with van der Waals surface area (Å²) in [7, 11) is -3.99. The van der Waals surface area contributed by atoms with E-state index >= 15 is 0 Å². The Morgan fingerprint density at radius 3 is 2.34 bits per heavy atom. The van der Waals surface area contributed by atoms with Gasteiger partial charge < -0.3 is 25.0 Å². The number of thioether (sulfide) groups is 1. The first kappa shape index (κ1) is 34.8. The molecule has 0 radical (unpaired) electrons. The third kappa shape index (κ3) is 9.74. The second-order valence-corrected chi connectivity index (χ2v) is 14.3. The van der Waals surface area contributed by atoms with Gasteiger partial charge in [0.05, 0.1) is 30.3 Å². The zero-order chi connectivity index (χ0) is 33.2. The van der Waals surface area contributed by atoms with E-state index in [-0.39, 0.29) is 36.7 Å². The molecule has 1 saturated heterocycles. The lowest BCUT2D eigenvalue weighted by molar-refractivity contribution is -0.245. The Balaban J connectivity index is 1.35. The molecule has 1 fully saturated rings. The highest BCUT2D eigenvalue weighted by molar-refractivity contribution is 7.99. The number of carbonyl (C=O) groups is 1. The van der Waals surface area contributed by atoms with Crippen LogP contribution in [0.1, 0.15) is 46.6 Å². The molecule has 4 N–H and O–H groups in total. The summed E-state index contributed by atoms with van der Waals surface area (Å²) in [5.41, 5.74) is 4.66. The molecule has 0 aromatic heterocycles. The van der Waals surface area contributed by atoms with Crippen LogP contribution in [-0.4, -0.2) is 54.8 Å². The van der Waals surface area contributed by atoms with Gasteiger partial charge in [0.25, 0.3) is 0 Å². The smallest absolute Gasteiger partial charge is 0.242 e. The molecule has 4 aromatic carbocycles. The average Bonchev–Trinajstić information content (AvgIpc) is 3.09. The summed E-state index contributed by atoms with van der Waals surface area (Å²) < 4.78 is 42.0. The number of anilines is 1. The minimum atomic E-state index is -3.99. The number of amides is 1. The number of hydrogen-bond donors (Lipinski definition) is 4. The monoisotopic (exact) mass is 676 g/mol. The van der Waals surface area contributed by atoms with Crippen molar-refractivity contribution in [2.45, 2.75) is 55.8 Å². The molecular weight excluding hydrogens is 637 g/mol. The Labute approximate surface area is 280 Å². The summed E-state index contributed by atoms with van der Waals surface area (Å²) in [4.78, 5) is 13.8. The molecule has 1 aliphatic rings. The molecule has 11 heteroatoms. The summed E-state index contributed by atoms with van der Waals surface area (Å²) in [6.45, 7) is 1.91. The minimum Gasteiger partial charge on any atom is -0.396 e. The van der Waals surface area contributed by atoms with Gasteiger partial charge in [0.15, 0.2) is 6.29 Å². The van der Waals surface area contributed by atoms with Gasteiger partial charge in [-0.05, 0) is 54.3 Å². The summed E-state index contributed by atoms with van der Waals surface area (Å²) >= 11 is 1.60. The van der Waals surface area contributed by atoms with Crippen molar-refractivity contribution in [2.24, 2.45) is 0 Å². The highest BCUT2D eigenvalue weighted by Gasteiger charge is 2.33. The van der Waals surface area contributed by atoms with Crippen molar-refractivity contribution in [1.29, 1.82) is 0 Å². The number of ether oxygens (including phenoxy) is 2. The minimum absolute atomic E-state index is 0.0456. The van der Waals surface area contributed by atoms with Crippen molar-refractivity contribution < 1.29 is 32.9 Å². The molecule has 0 aliphatic carbocycles. The van der Waals surface area contributed by atoms with Crippen LogP contribution in [0.15, 0.2) is 108 Å². The van der Waals surface area contributed by atoms with E-state index in [1.54, 1.807) is 42.1 Å². The SMILES string of the molecule is Cc1ccc(S(=O)(=O)N[C@H](Cc2ccccc2)C(=O)Nc2cccc([C@@H]3O[C@H](CSCCO)C[C@H](c4ccc(CO)cc4)O3)c2)cc1. The van der Waals surface area contributed by atoms with E-state index in [0.717, 1.165) is 22.3 Å². The largest absolute Gasteiger partial charge is 0.396 e. The number of nitrogens with one attached hydrogen (secondary N) is 2. The van der Waals surface area contributed by atoms with E-state index in [1.165, 1.54) is 12.1 Å². The van der Waals surface area contributed by atoms with Crippen molar-refractivity contribution in [3.63, 3.8) is 0 Å². The fourth-order valence-electron chi connectivity index (χ4n) is 5.30. The van der Waals surface area contributed by atoms with Gasteiger partial charge in [-0.15, -0.1) is 0 Å². The van der Waals surface area contributed by atoms with Crippen LogP contribution in [0, 0.1) is 6.92 Å². The average molecular weight is 677 g/mol. The Morgan fingerprint density at radius 1 is 0.894 bits per heavy atom. The first-order valence-corrected chi connectivity index (χ1v) is 18.1. The fourth-order valence-corrected chi connectivity index (χ4v) is 7.27. The number of aliphatic hydroxyl groups is 2. The van der Waals surface area contributed by atoms with Gasteiger partial charge in [0, 0.05) is 29.2 Å². The maximum absolute atomic E-state index is 13.7. The standard InChI is InChI=1S/C36H40N2O7S2/c1-25-10-16-32(17-11-25)47(42,43)38-33(20-26-6-3-2-4-7-26)35(41)37-30-9-5-8-29(21-30)36-44-31(24-46-19-18-39)22-34(45-36)28-14-12-27(23-40)13-15-28/h2-17,21,31,33-34,36,38-40H,18-20,22-24H2,1H3,(H,37,41)/t31-,33+,34+,36+/m0/s1. The number of hydrogen-bond acceptors (Lipinski definition) is 8. The van der Waals surface area contributed by atoms with Crippen LogP contribution in [0.25, 0.3) is 0 Å². The molecule has 9 nitrogen and oxygen atoms in total. The lowest BCUT2D eigenvalue weighted by atomic mass is 10.0. The highest BCUT2D eigenvalue weighted by Crippen LogP contribution is 2.39. The van der Waals surface area contributed by atoms with Crippen molar-refractivity contribution in [3.8, 4) is 0 Å². The van der Waals surface area contributed by atoms with E-state index < -0.39 is 28.3 Å². The van der Waals surface area contributed by atoms with Gasteiger partial charge >= 0.3 is 0 Å². The maximum atomic E-state index is 13.7. The molecule has 47 heavy (non-hydrogen) atoms. The van der Waals surface area contributed by atoms with Gasteiger partial charge in [-0.1, -0.05) is 84.4 Å². The summed E-state index contributed by atoms with van der Waals surface area (Å²) in [5, 5.41) is 21.6. The molecule has 0 unspecified atom stereocenters. The molecule has 5 rings (SSSR count). The first-order chi connectivity index (χ1) is 22.7. The van der Waals surface area contributed by atoms with Crippen LogP contribution < -0.4 is 10.0 Å². The molecule has 1 amide bonds. The van der Waals surface area contributed by atoms with E-state index in [0.29, 0.717) is 29.2 Å². The summed E-state index contributed by atoms with van der Waals surface area (Å²) in [6, 6.07) is 29.4. The molecule has 4 atom stereocenters. The van der Waals surface area contributed by atoms with E-state index in [2.05, 4.69) is 10.0 Å². The lowest BCUT2D eigenvalue weighted by Crippen LogP contribution is -2.45. The van der Waals surface area contributed by atoms with Crippen molar-refractivity contribution in [3.05, 3.63) is 131 Å². The third-order valence-corrected chi connectivity index (χ3v) is 10.4.